The summed E-state index contributed by atoms with van der Waals surface area (Å²) in [6.45, 7) is 7.98. The maximum absolute atomic E-state index is 9.55. The Hall–Kier alpha value is -0.680. The minimum atomic E-state index is -0.220. The topological polar surface area (TPSA) is 49.2 Å². The lowest BCUT2D eigenvalue weighted by atomic mass is 10.0. The summed E-state index contributed by atoms with van der Waals surface area (Å²) in [5.41, 5.74) is 0. The molecule has 0 radical (unpaired) electrons. The van der Waals surface area contributed by atoms with E-state index < -0.39 is 0 Å². The summed E-state index contributed by atoms with van der Waals surface area (Å²) in [5.74, 6) is 1.70. The molecule has 0 aromatic carbocycles. The maximum atomic E-state index is 9.55. The SMILES string of the molecule is CC(C)c1nsc(N2CCC(C(C)O)C2)n1. The Kier molecular flexibility index (Phi) is 3.44. The molecule has 2 heterocycles. The molecular formula is C11H19N3OS. The molecule has 1 fully saturated rings. The van der Waals surface area contributed by atoms with Crippen LogP contribution in [0.4, 0.5) is 5.13 Å². The second kappa shape index (κ2) is 4.67. The van der Waals surface area contributed by atoms with Gasteiger partial charge in [0.2, 0.25) is 5.13 Å². The summed E-state index contributed by atoms with van der Waals surface area (Å²) in [7, 11) is 0. The first-order chi connectivity index (χ1) is 7.58. The Balaban J connectivity index is 2.03. The average Bonchev–Trinajstić information content (AvgIpc) is 2.86. The third kappa shape index (κ3) is 2.35. The number of nitrogens with zero attached hydrogens (tertiary/aromatic N) is 3. The van der Waals surface area contributed by atoms with Crippen molar-refractivity contribution in [3.8, 4) is 0 Å². The van der Waals surface area contributed by atoms with Crippen molar-refractivity contribution >= 4 is 16.7 Å². The van der Waals surface area contributed by atoms with Crippen molar-refractivity contribution in [1.82, 2.24) is 9.36 Å². The lowest BCUT2D eigenvalue weighted by molar-refractivity contribution is 0.136. The van der Waals surface area contributed by atoms with Gasteiger partial charge < -0.3 is 10.0 Å². The second-order valence-corrected chi connectivity index (χ2v) is 5.56. The molecule has 0 aliphatic carbocycles. The van der Waals surface area contributed by atoms with Crippen LogP contribution in [0.25, 0.3) is 0 Å². The van der Waals surface area contributed by atoms with Crippen molar-refractivity contribution in [1.29, 1.82) is 0 Å². The van der Waals surface area contributed by atoms with E-state index in [1.54, 1.807) is 0 Å². The highest BCUT2D eigenvalue weighted by Crippen LogP contribution is 2.28. The smallest absolute Gasteiger partial charge is 0.205 e. The van der Waals surface area contributed by atoms with E-state index in [1.807, 2.05) is 6.92 Å². The zero-order valence-electron chi connectivity index (χ0n) is 10.1. The first-order valence-electron chi connectivity index (χ1n) is 5.84. The Morgan fingerprint density at radius 2 is 2.19 bits per heavy atom. The summed E-state index contributed by atoms with van der Waals surface area (Å²) < 4.78 is 4.36. The number of aliphatic hydroxyl groups excluding tert-OH is 1. The summed E-state index contributed by atoms with van der Waals surface area (Å²) in [4.78, 5) is 6.77. The summed E-state index contributed by atoms with van der Waals surface area (Å²) >= 11 is 1.47. The van der Waals surface area contributed by atoms with E-state index in [2.05, 4.69) is 28.1 Å². The van der Waals surface area contributed by atoms with Gasteiger partial charge >= 0.3 is 0 Å². The summed E-state index contributed by atoms with van der Waals surface area (Å²) in [5, 5.41) is 10.6. The highest BCUT2D eigenvalue weighted by atomic mass is 32.1. The van der Waals surface area contributed by atoms with E-state index in [1.165, 1.54) is 11.5 Å². The molecule has 1 N–H and O–H groups in total. The largest absolute Gasteiger partial charge is 0.393 e. The van der Waals surface area contributed by atoms with E-state index in [0.29, 0.717) is 11.8 Å². The van der Waals surface area contributed by atoms with Gasteiger partial charge in [-0.05, 0) is 13.3 Å². The fraction of sp³-hybridized carbons (Fsp3) is 0.818. The molecule has 1 aliphatic rings. The van der Waals surface area contributed by atoms with Crippen LogP contribution in [0.15, 0.2) is 0 Å². The van der Waals surface area contributed by atoms with Crippen LogP contribution in [-0.2, 0) is 0 Å². The lowest BCUT2D eigenvalue weighted by Crippen LogP contribution is -2.23. The summed E-state index contributed by atoms with van der Waals surface area (Å²) in [6.07, 6.45) is 0.830. The number of hydrogen-bond donors (Lipinski definition) is 1. The zero-order valence-corrected chi connectivity index (χ0v) is 10.9. The molecule has 1 aliphatic heterocycles. The third-order valence-corrected chi connectivity index (χ3v) is 3.92. The molecule has 0 amide bonds. The molecule has 90 valence electrons. The van der Waals surface area contributed by atoms with Gasteiger partial charge in [0.1, 0.15) is 5.82 Å². The Morgan fingerprint density at radius 3 is 2.69 bits per heavy atom. The Labute approximate surface area is 100 Å². The van der Waals surface area contributed by atoms with Crippen molar-refractivity contribution in [2.45, 2.75) is 39.2 Å². The molecule has 1 aromatic rings. The molecule has 16 heavy (non-hydrogen) atoms. The van der Waals surface area contributed by atoms with Crippen molar-refractivity contribution in [3.63, 3.8) is 0 Å². The van der Waals surface area contributed by atoms with E-state index in [9.17, 15) is 5.11 Å². The number of rotatable bonds is 3. The number of anilines is 1. The molecule has 0 spiro atoms. The van der Waals surface area contributed by atoms with Crippen molar-refractivity contribution in [2.75, 3.05) is 18.0 Å². The van der Waals surface area contributed by atoms with Crippen LogP contribution < -0.4 is 4.90 Å². The van der Waals surface area contributed by atoms with Gasteiger partial charge in [-0.15, -0.1) is 0 Å². The molecule has 2 unspecified atom stereocenters. The molecular weight excluding hydrogens is 222 g/mol. The number of aromatic nitrogens is 2. The standard InChI is InChI=1S/C11H19N3OS/c1-7(2)10-12-11(16-13-10)14-5-4-9(6-14)8(3)15/h7-9,15H,4-6H2,1-3H3. The van der Waals surface area contributed by atoms with Crippen molar-refractivity contribution in [3.05, 3.63) is 5.82 Å². The van der Waals surface area contributed by atoms with Gasteiger partial charge in [0.05, 0.1) is 6.10 Å². The van der Waals surface area contributed by atoms with Crippen LogP contribution in [0.5, 0.6) is 0 Å². The summed E-state index contributed by atoms with van der Waals surface area (Å²) in [6, 6.07) is 0. The van der Waals surface area contributed by atoms with Crippen LogP contribution in [0.3, 0.4) is 0 Å². The zero-order chi connectivity index (χ0) is 11.7. The monoisotopic (exact) mass is 241 g/mol. The van der Waals surface area contributed by atoms with Crippen molar-refractivity contribution < 1.29 is 5.11 Å². The molecule has 1 saturated heterocycles. The third-order valence-electron chi connectivity index (χ3n) is 3.12. The maximum Gasteiger partial charge on any atom is 0.205 e. The lowest BCUT2D eigenvalue weighted by Gasteiger charge is -2.15. The molecule has 2 atom stereocenters. The minimum absolute atomic E-state index is 0.220. The predicted molar refractivity (Wildman–Crippen MR) is 66.0 cm³/mol. The fourth-order valence-corrected chi connectivity index (χ4v) is 2.79. The van der Waals surface area contributed by atoms with Gasteiger partial charge in [-0.2, -0.15) is 4.37 Å². The molecule has 2 rings (SSSR count). The molecule has 5 heteroatoms. The van der Waals surface area contributed by atoms with Gasteiger partial charge in [-0.25, -0.2) is 4.98 Å². The van der Waals surface area contributed by atoms with Crippen LogP contribution >= 0.6 is 11.5 Å². The van der Waals surface area contributed by atoms with Crippen LogP contribution in [0, 0.1) is 5.92 Å². The van der Waals surface area contributed by atoms with Crippen LogP contribution in [-0.4, -0.2) is 33.7 Å². The van der Waals surface area contributed by atoms with Gasteiger partial charge in [0, 0.05) is 36.5 Å². The molecule has 4 nitrogen and oxygen atoms in total. The van der Waals surface area contributed by atoms with Gasteiger partial charge in [-0.1, -0.05) is 13.8 Å². The van der Waals surface area contributed by atoms with E-state index in [-0.39, 0.29) is 6.10 Å². The molecule has 1 aromatic heterocycles. The molecule has 0 saturated carbocycles. The van der Waals surface area contributed by atoms with E-state index in [4.69, 9.17) is 0 Å². The normalized spacial score (nSPS) is 23.1. The quantitative estimate of drug-likeness (QED) is 0.877. The van der Waals surface area contributed by atoms with Crippen LogP contribution in [0.1, 0.15) is 38.9 Å². The Bertz CT molecular complexity index is 351. The number of aliphatic hydroxyl groups is 1. The minimum Gasteiger partial charge on any atom is -0.393 e. The second-order valence-electron chi connectivity index (χ2n) is 4.83. The Morgan fingerprint density at radius 1 is 1.44 bits per heavy atom. The van der Waals surface area contributed by atoms with E-state index in [0.717, 1.165) is 30.5 Å². The predicted octanol–water partition coefficient (Wildman–Crippen LogP) is 1.87. The number of hydrogen-bond acceptors (Lipinski definition) is 5. The molecule has 0 bridgehead atoms. The van der Waals surface area contributed by atoms with Gasteiger partial charge in [0.15, 0.2) is 0 Å². The fourth-order valence-electron chi connectivity index (χ4n) is 1.94. The first-order valence-corrected chi connectivity index (χ1v) is 6.62. The van der Waals surface area contributed by atoms with Gasteiger partial charge in [0.25, 0.3) is 0 Å². The van der Waals surface area contributed by atoms with Gasteiger partial charge in [-0.3, -0.25) is 0 Å². The van der Waals surface area contributed by atoms with Crippen molar-refractivity contribution in [2.24, 2.45) is 5.92 Å². The van der Waals surface area contributed by atoms with Crippen LogP contribution in [0.2, 0.25) is 0 Å². The van der Waals surface area contributed by atoms with E-state index >= 15 is 0 Å². The highest BCUT2D eigenvalue weighted by molar-refractivity contribution is 7.09. The first kappa shape index (κ1) is 11.8. The average molecular weight is 241 g/mol. The highest BCUT2D eigenvalue weighted by Gasteiger charge is 2.28.